The number of hydrogen-bond donors (Lipinski definition) is 2. The van der Waals surface area contributed by atoms with E-state index in [1.807, 2.05) is 20.8 Å². The molecule has 0 radical (unpaired) electrons. The molecule has 0 aromatic heterocycles. The van der Waals surface area contributed by atoms with Crippen LogP contribution in [0.4, 0.5) is 10.1 Å². The van der Waals surface area contributed by atoms with Gasteiger partial charge >= 0.3 is 0 Å². The molecule has 1 aromatic carbocycles. The van der Waals surface area contributed by atoms with Crippen LogP contribution in [-0.2, 0) is 10.0 Å². The van der Waals surface area contributed by atoms with E-state index in [2.05, 4.69) is 4.72 Å². The van der Waals surface area contributed by atoms with Gasteiger partial charge in [0.15, 0.2) is 0 Å². The highest BCUT2D eigenvalue weighted by Gasteiger charge is 2.21. The van der Waals surface area contributed by atoms with Crippen molar-refractivity contribution in [1.29, 1.82) is 0 Å². The highest BCUT2D eigenvalue weighted by atomic mass is 32.2. The molecule has 0 atom stereocenters. The molecule has 0 aliphatic carbocycles. The Morgan fingerprint density at radius 2 is 2.00 bits per heavy atom. The molecule has 0 aliphatic rings. The van der Waals surface area contributed by atoms with Crippen molar-refractivity contribution in [3.05, 3.63) is 24.0 Å². The predicted molar refractivity (Wildman–Crippen MR) is 70.1 cm³/mol. The van der Waals surface area contributed by atoms with E-state index < -0.39 is 15.8 Å². The zero-order valence-corrected chi connectivity index (χ0v) is 11.6. The highest BCUT2D eigenvalue weighted by Crippen LogP contribution is 2.20. The summed E-state index contributed by atoms with van der Waals surface area (Å²) in [5, 5.41) is 0. The monoisotopic (exact) mass is 274 g/mol. The highest BCUT2D eigenvalue weighted by molar-refractivity contribution is 7.89. The van der Waals surface area contributed by atoms with Crippen molar-refractivity contribution in [2.45, 2.75) is 32.1 Å². The molecule has 1 rings (SSSR count). The zero-order chi connectivity index (χ0) is 14.0. The maximum absolute atomic E-state index is 13.2. The summed E-state index contributed by atoms with van der Waals surface area (Å²) in [6, 6.07) is 3.46. The van der Waals surface area contributed by atoms with Gasteiger partial charge in [-0.2, -0.15) is 0 Å². The number of sulfonamides is 1. The Balaban J connectivity index is 2.90. The van der Waals surface area contributed by atoms with E-state index in [0.29, 0.717) is 6.54 Å². The molecular weight excluding hydrogens is 255 g/mol. The first-order chi connectivity index (χ1) is 8.18. The molecule has 0 unspecified atom stereocenters. The number of halogens is 1. The van der Waals surface area contributed by atoms with Crippen LogP contribution >= 0.6 is 0 Å². The standard InChI is InChI=1S/C12H19FN2O2S/c1-4-12(2,3)8-15-18(16,17)9-5-6-11(14)10(13)7-9/h5-7,15H,4,8,14H2,1-3H3. The fourth-order valence-corrected chi connectivity index (χ4v) is 2.43. The minimum absolute atomic E-state index is 0.0668. The van der Waals surface area contributed by atoms with E-state index >= 15 is 0 Å². The Labute approximate surface area is 107 Å². The van der Waals surface area contributed by atoms with Crippen LogP contribution in [-0.4, -0.2) is 15.0 Å². The van der Waals surface area contributed by atoms with E-state index in [1.54, 1.807) is 0 Å². The summed E-state index contributed by atoms with van der Waals surface area (Å²) in [4.78, 5) is -0.110. The quantitative estimate of drug-likeness (QED) is 0.808. The number of anilines is 1. The number of nitrogen functional groups attached to an aromatic ring is 1. The minimum atomic E-state index is -3.69. The fraction of sp³-hybridized carbons (Fsp3) is 0.500. The van der Waals surface area contributed by atoms with Crippen LogP contribution in [0, 0.1) is 11.2 Å². The van der Waals surface area contributed by atoms with Crippen LogP contribution in [0.2, 0.25) is 0 Å². The Morgan fingerprint density at radius 3 is 2.50 bits per heavy atom. The van der Waals surface area contributed by atoms with Gasteiger partial charge in [0.05, 0.1) is 10.6 Å². The van der Waals surface area contributed by atoms with E-state index in [0.717, 1.165) is 12.5 Å². The van der Waals surface area contributed by atoms with E-state index in [1.165, 1.54) is 12.1 Å². The summed E-state index contributed by atoms with van der Waals surface area (Å²) in [6.45, 7) is 6.20. The molecule has 1 aromatic rings. The van der Waals surface area contributed by atoms with Gasteiger partial charge in [-0.05, 0) is 30.0 Å². The largest absolute Gasteiger partial charge is 0.396 e. The number of benzene rings is 1. The first-order valence-electron chi connectivity index (χ1n) is 5.73. The van der Waals surface area contributed by atoms with Gasteiger partial charge in [-0.25, -0.2) is 17.5 Å². The Morgan fingerprint density at radius 1 is 1.39 bits per heavy atom. The summed E-state index contributed by atoms with van der Waals surface area (Å²) in [7, 11) is -3.69. The molecule has 0 saturated carbocycles. The van der Waals surface area contributed by atoms with E-state index in [4.69, 9.17) is 5.73 Å². The van der Waals surface area contributed by atoms with Gasteiger partial charge in [-0.3, -0.25) is 0 Å². The van der Waals surface area contributed by atoms with Crippen LogP contribution in [0.3, 0.4) is 0 Å². The predicted octanol–water partition coefficient (Wildman–Crippen LogP) is 2.12. The number of nitrogens with two attached hydrogens (primary N) is 1. The van der Waals surface area contributed by atoms with Crippen molar-refractivity contribution >= 4 is 15.7 Å². The van der Waals surface area contributed by atoms with Crippen molar-refractivity contribution in [3.63, 3.8) is 0 Å². The van der Waals surface area contributed by atoms with Gasteiger partial charge in [0.2, 0.25) is 10.0 Å². The first kappa shape index (κ1) is 14.9. The number of nitrogens with one attached hydrogen (secondary N) is 1. The molecule has 0 heterocycles. The average molecular weight is 274 g/mol. The van der Waals surface area contributed by atoms with Gasteiger partial charge in [-0.15, -0.1) is 0 Å². The molecule has 6 heteroatoms. The molecule has 0 fully saturated rings. The van der Waals surface area contributed by atoms with Crippen LogP contribution in [0.25, 0.3) is 0 Å². The first-order valence-corrected chi connectivity index (χ1v) is 7.21. The lowest BCUT2D eigenvalue weighted by atomic mass is 9.91. The molecule has 18 heavy (non-hydrogen) atoms. The van der Waals surface area contributed by atoms with Gasteiger partial charge in [-0.1, -0.05) is 20.8 Å². The lowest BCUT2D eigenvalue weighted by Crippen LogP contribution is -2.33. The molecule has 0 amide bonds. The SMILES string of the molecule is CCC(C)(C)CNS(=O)(=O)c1ccc(N)c(F)c1. The molecular formula is C12H19FN2O2S. The van der Waals surface area contributed by atoms with Crippen LogP contribution in [0.5, 0.6) is 0 Å². The van der Waals surface area contributed by atoms with Crippen molar-refractivity contribution in [2.24, 2.45) is 5.41 Å². The van der Waals surface area contributed by atoms with Crippen LogP contribution < -0.4 is 10.5 Å². The second-order valence-corrected chi connectivity index (χ2v) is 6.79. The third-order valence-electron chi connectivity index (χ3n) is 2.98. The molecule has 102 valence electrons. The van der Waals surface area contributed by atoms with Gasteiger partial charge in [0.1, 0.15) is 5.82 Å². The second-order valence-electron chi connectivity index (χ2n) is 5.03. The third-order valence-corrected chi connectivity index (χ3v) is 4.38. The summed E-state index contributed by atoms with van der Waals surface area (Å²) in [5.74, 6) is -0.729. The number of rotatable bonds is 5. The number of hydrogen-bond acceptors (Lipinski definition) is 3. The summed E-state index contributed by atoms with van der Waals surface area (Å²) >= 11 is 0. The Hall–Kier alpha value is -1.14. The fourth-order valence-electron chi connectivity index (χ4n) is 1.17. The van der Waals surface area contributed by atoms with Gasteiger partial charge in [0, 0.05) is 6.54 Å². The van der Waals surface area contributed by atoms with Crippen molar-refractivity contribution < 1.29 is 12.8 Å². The third kappa shape index (κ3) is 3.68. The Bertz CT molecular complexity index is 527. The topological polar surface area (TPSA) is 72.2 Å². The molecule has 0 aliphatic heterocycles. The van der Waals surface area contributed by atoms with Crippen LogP contribution in [0.1, 0.15) is 27.2 Å². The lowest BCUT2D eigenvalue weighted by molar-refractivity contribution is 0.350. The summed E-state index contributed by atoms with van der Waals surface area (Å²) in [5.41, 5.74) is 5.10. The zero-order valence-electron chi connectivity index (χ0n) is 10.8. The Kier molecular flexibility index (Phi) is 4.34. The maximum Gasteiger partial charge on any atom is 0.240 e. The molecule has 0 bridgehead atoms. The van der Waals surface area contributed by atoms with Crippen molar-refractivity contribution in [1.82, 2.24) is 4.72 Å². The van der Waals surface area contributed by atoms with Crippen molar-refractivity contribution in [2.75, 3.05) is 12.3 Å². The van der Waals surface area contributed by atoms with E-state index in [-0.39, 0.29) is 16.0 Å². The maximum atomic E-state index is 13.2. The van der Waals surface area contributed by atoms with Crippen LogP contribution in [0.15, 0.2) is 23.1 Å². The lowest BCUT2D eigenvalue weighted by Gasteiger charge is -2.22. The summed E-state index contributed by atoms with van der Waals surface area (Å²) < 4.78 is 39.6. The molecule has 0 spiro atoms. The molecule has 3 N–H and O–H groups in total. The van der Waals surface area contributed by atoms with Gasteiger partial charge in [0.25, 0.3) is 0 Å². The second kappa shape index (κ2) is 5.24. The average Bonchev–Trinajstić information content (AvgIpc) is 2.30. The molecule has 0 saturated heterocycles. The summed E-state index contributed by atoms with van der Waals surface area (Å²) in [6.07, 6.45) is 0.839. The van der Waals surface area contributed by atoms with E-state index in [9.17, 15) is 12.8 Å². The normalized spacial score (nSPS) is 12.7. The van der Waals surface area contributed by atoms with Crippen molar-refractivity contribution in [3.8, 4) is 0 Å². The smallest absolute Gasteiger partial charge is 0.240 e. The minimum Gasteiger partial charge on any atom is -0.396 e. The van der Waals surface area contributed by atoms with Gasteiger partial charge < -0.3 is 5.73 Å². The molecule has 4 nitrogen and oxygen atoms in total.